The molecule has 284 valence electrons. The number of hydrogen-bond acceptors (Lipinski definition) is 16. The molecule has 0 rings (SSSR count). The summed E-state index contributed by atoms with van der Waals surface area (Å²) in [6.45, 7) is 10.9. The van der Waals surface area contributed by atoms with Gasteiger partial charge in [0.25, 0.3) is 0 Å². The molecule has 0 saturated carbocycles. The molecule has 0 spiro atoms. The van der Waals surface area contributed by atoms with Gasteiger partial charge in [-0.3, -0.25) is 9.59 Å². The van der Waals surface area contributed by atoms with Crippen LogP contribution >= 0.6 is 0 Å². The minimum atomic E-state index is -1.13. The lowest BCUT2D eigenvalue weighted by molar-refractivity contribution is -0.144. The Balaban J connectivity index is 3.09. The van der Waals surface area contributed by atoms with Crippen molar-refractivity contribution >= 4 is 17.8 Å². The Labute approximate surface area is 283 Å². The maximum absolute atomic E-state index is 11.4. The number of carbonyl (C=O) groups is 3. The van der Waals surface area contributed by atoms with Crippen LogP contribution < -0.4 is 5.32 Å². The summed E-state index contributed by atoms with van der Waals surface area (Å²) >= 11 is 0. The zero-order valence-corrected chi connectivity index (χ0v) is 28.4. The van der Waals surface area contributed by atoms with Crippen molar-refractivity contribution < 1.29 is 81.1 Å². The first kappa shape index (κ1) is 45.9. The molecule has 0 saturated heterocycles. The van der Waals surface area contributed by atoms with Gasteiger partial charge in [-0.1, -0.05) is 0 Å². The molecule has 0 aromatic carbocycles. The highest BCUT2D eigenvalue weighted by molar-refractivity contribution is 5.77. The van der Waals surface area contributed by atoms with Crippen LogP contribution in [0.3, 0.4) is 0 Å². The van der Waals surface area contributed by atoms with E-state index in [1.54, 1.807) is 0 Å². The van der Waals surface area contributed by atoms with Gasteiger partial charge in [0.15, 0.2) is 0 Å². The number of nitrogens with one attached hydrogen (secondary N) is 1. The summed E-state index contributed by atoms with van der Waals surface area (Å²) in [4.78, 5) is 32.2. The standard InChI is InChI=1S/C30H57NO17/c1-28(32)48-25-24-46-23-22-45-21-20-44-19-18-43-17-16-42-15-14-41-13-12-40-11-10-39-9-8-38-7-6-37-5-4-36-3-2-31-29(33)26-47-27-30(34)35/h2-27H2,1H3,(H,31,33)(H,34,35). The first-order valence-electron chi connectivity index (χ1n) is 16.1. The van der Waals surface area contributed by atoms with E-state index in [0.717, 1.165) is 0 Å². The predicted octanol–water partition coefficient (Wildman–Crippen LogP) is -1.05. The van der Waals surface area contributed by atoms with E-state index in [2.05, 4.69) is 10.1 Å². The Morgan fingerprint density at radius 3 is 0.938 bits per heavy atom. The number of hydrogen-bond donors (Lipinski definition) is 2. The highest BCUT2D eigenvalue weighted by Gasteiger charge is 2.03. The van der Waals surface area contributed by atoms with Gasteiger partial charge in [0.05, 0.1) is 145 Å². The number of ether oxygens (including phenoxy) is 13. The number of aliphatic carboxylic acids is 1. The Morgan fingerprint density at radius 2 is 0.667 bits per heavy atom. The fourth-order valence-electron chi connectivity index (χ4n) is 3.09. The topological polar surface area (TPSA) is 203 Å². The van der Waals surface area contributed by atoms with Crippen molar-refractivity contribution in [1.82, 2.24) is 5.32 Å². The van der Waals surface area contributed by atoms with Crippen molar-refractivity contribution in [2.24, 2.45) is 0 Å². The van der Waals surface area contributed by atoms with E-state index in [1.165, 1.54) is 6.92 Å². The number of amides is 1. The van der Waals surface area contributed by atoms with E-state index in [0.29, 0.717) is 152 Å². The quantitative estimate of drug-likeness (QED) is 0.0577. The van der Waals surface area contributed by atoms with Crippen molar-refractivity contribution in [1.29, 1.82) is 0 Å². The molecule has 0 atom stereocenters. The van der Waals surface area contributed by atoms with E-state index in [4.69, 9.17) is 61.9 Å². The van der Waals surface area contributed by atoms with Gasteiger partial charge in [-0.25, -0.2) is 4.79 Å². The third-order valence-electron chi connectivity index (χ3n) is 5.28. The summed E-state index contributed by atoms with van der Waals surface area (Å²) in [6.07, 6.45) is 0. The Bertz CT molecular complexity index is 719. The molecule has 18 heteroatoms. The molecule has 1 amide bonds. The van der Waals surface area contributed by atoms with Crippen molar-refractivity contribution in [3.63, 3.8) is 0 Å². The maximum Gasteiger partial charge on any atom is 0.329 e. The molecule has 0 unspecified atom stereocenters. The van der Waals surface area contributed by atoms with Crippen molar-refractivity contribution in [2.45, 2.75) is 6.92 Å². The zero-order valence-electron chi connectivity index (χ0n) is 28.4. The molecular weight excluding hydrogens is 646 g/mol. The number of rotatable bonds is 40. The van der Waals surface area contributed by atoms with Crippen LogP contribution in [0.1, 0.15) is 6.92 Å². The molecule has 48 heavy (non-hydrogen) atoms. The highest BCUT2D eigenvalue weighted by Crippen LogP contribution is 1.87. The largest absolute Gasteiger partial charge is 0.480 e. The summed E-state index contributed by atoms with van der Waals surface area (Å²) in [5.41, 5.74) is 0. The fraction of sp³-hybridized carbons (Fsp3) is 0.900. The molecule has 0 aliphatic heterocycles. The second-order valence-electron chi connectivity index (χ2n) is 9.31. The molecule has 0 aromatic rings. The van der Waals surface area contributed by atoms with Gasteiger partial charge < -0.3 is 72.0 Å². The van der Waals surface area contributed by atoms with Crippen LogP contribution in [0.4, 0.5) is 0 Å². The lowest BCUT2D eigenvalue weighted by Gasteiger charge is -2.09. The number of carboxylic acid groups (broad SMARTS) is 1. The molecule has 0 fully saturated rings. The average Bonchev–Trinajstić information content (AvgIpc) is 3.05. The third-order valence-corrected chi connectivity index (χ3v) is 5.28. The second kappa shape index (κ2) is 39.4. The molecule has 2 N–H and O–H groups in total. The Morgan fingerprint density at radius 1 is 0.396 bits per heavy atom. The second-order valence-corrected chi connectivity index (χ2v) is 9.31. The van der Waals surface area contributed by atoms with Gasteiger partial charge in [0.2, 0.25) is 5.91 Å². The first-order valence-corrected chi connectivity index (χ1v) is 16.1. The minimum absolute atomic E-state index is 0.248. The van der Waals surface area contributed by atoms with Gasteiger partial charge >= 0.3 is 11.9 Å². The smallest absolute Gasteiger partial charge is 0.329 e. The number of carbonyl (C=O) groups excluding carboxylic acids is 2. The molecule has 0 aliphatic carbocycles. The van der Waals surface area contributed by atoms with Crippen LogP contribution in [-0.2, 0) is 76.0 Å². The van der Waals surface area contributed by atoms with Crippen molar-refractivity contribution in [2.75, 3.05) is 172 Å². The van der Waals surface area contributed by atoms with Crippen LogP contribution in [0.25, 0.3) is 0 Å². The molecule has 0 aliphatic rings. The van der Waals surface area contributed by atoms with Gasteiger partial charge in [-0.15, -0.1) is 0 Å². The van der Waals surface area contributed by atoms with E-state index < -0.39 is 18.5 Å². The van der Waals surface area contributed by atoms with Gasteiger partial charge in [-0.2, -0.15) is 0 Å². The van der Waals surface area contributed by atoms with Crippen LogP contribution in [0, 0.1) is 0 Å². The van der Waals surface area contributed by atoms with E-state index >= 15 is 0 Å². The van der Waals surface area contributed by atoms with Crippen LogP contribution in [0.2, 0.25) is 0 Å². The van der Waals surface area contributed by atoms with E-state index in [1.807, 2.05) is 0 Å². The Kier molecular flexibility index (Phi) is 37.7. The summed E-state index contributed by atoms with van der Waals surface area (Å²) in [5, 5.41) is 11.0. The molecule has 0 radical (unpaired) electrons. The van der Waals surface area contributed by atoms with Gasteiger partial charge in [-0.05, 0) is 0 Å². The normalized spacial score (nSPS) is 11.2. The zero-order chi connectivity index (χ0) is 35.0. The molecule has 18 nitrogen and oxygen atoms in total. The van der Waals surface area contributed by atoms with Gasteiger partial charge in [0.1, 0.15) is 19.8 Å². The molecular formula is C30H57NO17. The molecule has 0 aromatic heterocycles. The summed E-state index contributed by atoms with van der Waals surface area (Å²) in [7, 11) is 0. The van der Waals surface area contributed by atoms with Gasteiger partial charge in [0, 0.05) is 13.5 Å². The molecule has 0 bridgehead atoms. The highest BCUT2D eigenvalue weighted by atomic mass is 16.6. The van der Waals surface area contributed by atoms with E-state index in [9.17, 15) is 14.4 Å². The van der Waals surface area contributed by atoms with Crippen LogP contribution in [0.5, 0.6) is 0 Å². The summed E-state index contributed by atoms with van der Waals surface area (Å²) < 4.78 is 68.8. The van der Waals surface area contributed by atoms with Crippen molar-refractivity contribution in [3.8, 4) is 0 Å². The minimum Gasteiger partial charge on any atom is -0.480 e. The monoisotopic (exact) mass is 703 g/mol. The average molecular weight is 704 g/mol. The first-order chi connectivity index (χ1) is 23.5. The van der Waals surface area contributed by atoms with E-state index in [-0.39, 0.29) is 19.2 Å². The molecule has 0 heterocycles. The number of esters is 1. The third kappa shape index (κ3) is 42.0. The Hall–Kier alpha value is -2.07. The summed E-state index contributed by atoms with van der Waals surface area (Å²) in [6, 6.07) is 0. The summed E-state index contributed by atoms with van der Waals surface area (Å²) in [5.74, 6) is -1.85. The lowest BCUT2D eigenvalue weighted by atomic mass is 10.6. The van der Waals surface area contributed by atoms with Crippen LogP contribution in [0.15, 0.2) is 0 Å². The lowest BCUT2D eigenvalue weighted by Crippen LogP contribution is -2.31. The predicted molar refractivity (Wildman–Crippen MR) is 167 cm³/mol. The van der Waals surface area contributed by atoms with Crippen molar-refractivity contribution in [3.05, 3.63) is 0 Å². The van der Waals surface area contributed by atoms with Crippen LogP contribution in [-0.4, -0.2) is 195 Å². The number of carboxylic acids is 1. The SMILES string of the molecule is CC(=O)OCCOCCOCCOCCOCCOCCOCCOCCOCCOCCOCCOCCNC(=O)COCC(=O)O. The maximum atomic E-state index is 11.4. The fourth-order valence-corrected chi connectivity index (χ4v) is 3.09.